The van der Waals surface area contributed by atoms with Crippen molar-refractivity contribution in [2.24, 2.45) is 0 Å². The maximum Gasteiger partial charge on any atom is 0.304 e. The molecule has 0 aliphatic heterocycles. The van der Waals surface area contributed by atoms with Crippen LogP contribution in [-0.4, -0.2) is 8.80 Å². The van der Waals surface area contributed by atoms with Crippen molar-refractivity contribution in [1.82, 2.24) is 0 Å². The monoisotopic (exact) mass is 73.0 g/mol. The molecule has 0 spiro atoms. The minimum Gasteiger partial charge on any atom is 0.0572 e. The van der Waals surface area contributed by atoms with E-state index in [4.69, 9.17) is 0 Å². The lowest BCUT2D eigenvalue weighted by Gasteiger charge is -1.55. The van der Waals surface area contributed by atoms with E-state index < -0.39 is 0 Å². The molecule has 0 bridgehead atoms. The predicted octanol–water partition coefficient (Wildman–Crippen LogP) is 1.37. The highest BCUT2D eigenvalue weighted by Gasteiger charge is 1.92. The van der Waals surface area contributed by atoms with Crippen LogP contribution in [0.4, 0.5) is 0 Å². The van der Waals surface area contributed by atoms with E-state index in [1.807, 2.05) is 0 Å². The summed E-state index contributed by atoms with van der Waals surface area (Å²) < 4.78 is 0. The van der Waals surface area contributed by atoms with Crippen LogP contribution in [0.1, 0.15) is 0 Å². The van der Waals surface area contributed by atoms with Crippen LogP contribution in [0, 0.1) is 0 Å². The van der Waals surface area contributed by atoms with Crippen molar-refractivity contribution in [2.75, 3.05) is 0 Å². The van der Waals surface area contributed by atoms with Crippen LogP contribution in [0.25, 0.3) is 0 Å². The zero-order valence-corrected chi connectivity index (χ0v) is 4.50. The van der Waals surface area contributed by atoms with E-state index in [1.54, 1.807) is 0 Å². The van der Waals surface area contributed by atoms with Gasteiger partial charge in [0.15, 0.2) is 0 Å². The normalized spacial score (nSPS) is 6.75. The third-order valence-electron chi connectivity index (χ3n) is 0. The average molecular weight is 73.2 g/mol. The first kappa shape index (κ1) is 4.22. The average Bonchev–Trinajstić information content (AvgIpc) is 0.811. The summed E-state index contributed by atoms with van der Waals surface area (Å²) >= 11 is 0. The molecule has 0 radical (unpaired) electrons. The van der Waals surface area contributed by atoms with Crippen molar-refractivity contribution in [2.45, 2.75) is 19.6 Å². The standard InChI is InChI=1S/C3H9Si/c1-4(2)3/h1-3H3/q+1. The number of hydrogen-bond acceptors (Lipinski definition) is 0. The molecule has 0 rings (SSSR count). The highest BCUT2D eigenvalue weighted by Crippen LogP contribution is 1.68. The van der Waals surface area contributed by atoms with E-state index in [1.165, 1.54) is 0 Å². The second-order valence-corrected chi connectivity index (χ2v) is 4.50. The second kappa shape index (κ2) is 1.53. The first-order valence-electron chi connectivity index (χ1n) is 1.50. The summed E-state index contributed by atoms with van der Waals surface area (Å²) in [6.07, 6.45) is 0. The van der Waals surface area contributed by atoms with Gasteiger partial charge in [0.1, 0.15) is 0 Å². The van der Waals surface area contributed by atoms with Gasteiger partial charge in [0.25, 0.3) is 0 Å². The van der Waals surface area contributed by atoms with Crippen LogP contribution >= 0.6 is 0 Å². The van der Waals surface area contributed by atoms with Gasteiger partial charge in [-0.25, -0.2) is 0 Å². The Balaban J connectivity index is 2.32. The lowest BCUT2D eigenvalue weighted by molar-refractivity contribution is 1.91. The maximum absolute atomic E-state index is 2.27. The van der Waals surface area contributed by atoms with Gasteiger partial charge < -0.3 is 0 Å². The van der Waals surface area contributed by atoms with Gasteiger partial charge in [0, 0.05) is 0 Å². The zero-order chi connectivity index (χ0) is 3.58. The summed E-state index contributed by atoms with van der Waals surface area (Å²) in [7, 11) is 0.120. The molecule has 0 aliphatic carbocycles. The van der Waals surface area contributed by atoms with E-state index in [0.717, 1.165) is 0 Å². The molecule has 0 amide bonds. The minimum absolute atomic E-state index is 0.120. The van der Waals surface area contributed by atoms with Gasteiger partial charge in [0.05, 0.1) is 19.6 Å². The van der Waals surface area contributed by atoms with E-state index >= 15 is 0 Å². The molecule has 24 valence electrons. The fraction of sp³-hybridized carbons (Fsp3) is 1.00. The Morgan fingerprint density at radius 2 is 1.00 bits per heavy atom. The van der Waals surface area contributed by atoms with Crippen molar-refractivity contribution in [3.63, 3.8) is 0 Å². The summed E-state index contributed by atoms with van der Waals surface area (Å²) in [5.41, 5.74) is 0. The molecular formula is C3H9Si+. The Morgan fingerprint density at radius 1 is 1.00 bits per heavy atom. The molecule has 1 heteroatoms. The molecule has 0 aromatic rings. The highest BCUT2D eigenvalue weighted by atomic mass is 28.3. The lowest BCUT2D eigenvalue weighted by Crippen LogP contribution is -1.84. The Kier molecular flexibility index (Phi) is 1.61. The molecule has 0 aromatic heterocycles. The topological polar surface area (TPSA) is 0 Å². The fourth-order valence-electron chi connectivity index (χ4n) is 0. The number of hydrogen-bond donors (Lipinski definition) is 0. The Hall–Kier alpha value is 0.217. The SMILES string of the molecule is C[Si+](C)C. The third kappa shape index (κ3) is 69.8. The van der Waals surface area contributed by atoms with Gasteiger partial charge in [-0.15, -0.1) is 0 Å². The molecule has 0 N–H and O–H groups in total. The first-order chi connectivity index (χ1) is 1.73. The van der Waals surface area contributed by atoms with Crippen molar-refractivity contribution in [1.29, 1.82) is 0 Å². The molecule has 0 aliphatic rings. The second-order valence-electron chi connectivity index (χ2n) is 1.50. The smallest absolute Gasteiger partial charge is 0.0572 e. The van der Waals surface area contributed by atoms with Crippen molar-refractivity contribution in [3.05, 3.63) is 0 Å². The van der Waals surface area contributed by atoms with Crippen LogP contribution in [-0.2, 0) is 0 Å². The molecule has 0 atom stereocenters. The lowest BCUT2D eigenvalue weighted by atomic mass is 11.8. The molecule has 0 aromatic carbocycles. The molecular weight excluding hydrogens is 64.1 g/mol. The van der Waals surface area contributed by atoms with E-state index in [-0.39, 0.29) is 8.80 Å². The molecule has 0 fully saturated rings. The molecule has 0 saturated heterocycles. The number of rotatable bonds is 0. The molecule has 4 heavy (non-hydrogen) atoms. The maximum atomic E-state index is 2.27. The Morgan fingerprint density at radius 3 is 1.00 bits per heavy atom. The molecule has 0 saturated carbocycles. The quantitative estimate of drug-likeness (QED) is 0.380. The van der Waals surface area contributed by atoms with E-state index in [9.17, 15) is 0 Å². The van der Waals surface area contributed by atoms with Gasteiger partial charge in [-0.05, 0) is 0 Å². The van der Waals surface area contributed by atoms with Crippen LogP contribution < -0.4 is 0 Å². The Bertz CT molecular complexity index is 8.00. The van der Waals surface area contributed by atoms with Crippen molar-refractivity contribution < 1.29 is 0 Å². The van der Waals surface area contributed by atoms with Crippen LogP contribution in [0.15, 0.2) is 0 Å². The van der Waals surface area contributed by atoms with Crippen LogP contribution in [0.2, 0.25) is 19.6 Å². The summed E-state index contributed by atoms with van der Waals surface area (Å²) in [6, 6.07) is 0. The van der Waals surface area contributed by atoms with Crippen LogP contribution in [0.5, 0.6) is 0 Å². The summed E-state index contributed by atoms with van der Waals surface area (Å²) in [5, 5.41) is 0. The zero-order valence-electron chi connectivity index (χ0n) is 3.50. The van der Waals surface area contributed by atoms with E-state index in [0.29, 0.717) is 0 Å². The minimum atomic E-state index is 0.120. The van der Waals surface area contributed by atoms with Gasteiger partial charge >= 0.3 is 8.80 Å². The van der Waals surface area contributed by atoms with Gasteiger partial charge in [0.2, 0.25) is 0 Å². The van der Waals surface area contributed by atoms with Gasteiger partial charge in [-0.2, -0.15) is 0 Å². The molecule has 0 unspecified atom stereocenters. The first-order valence-corrected chi connectivity index (χ1v) is 4.50. The van der Waals surface area contributed by atoms with E-state index in [2.05, 4.69) is 19.6 Å². The molecule has 0 nitrogen and oxygen atoms in total. The highest BCUT2D eigenvalue weighted by molar-refractivity contribution is 6.54. The van der Waals surface area contributed by atoms with Crippen LogP contribution in [0.3, 0.4) is 0 Å². The fourth-order valence-corrected chi connectivity index (χ4v) is 0. The van der Waals surface area contributed by atoms with Gasteiger partial charge in [-0.1, -0.05) is 0 Å². The Labute approximate surface area is 29.4 Å². The molecule has 0 heterocycles. The largest absolute Gasteiger partial charge is 0.304 e. The summed E-state index contributed by atoms with van der Waals surface area (Å²) in [5.74, 6) is 0. The van der Waals surface area contributed by atoms with Crippen molar-refractivity contribution in [3.8, 4) is 0 Å². The predicted molar refractivity (Wildman–Crippen MR) is 23.3 cm³/mol. The van der Waals surface area contributed by atoms with Gasteiger partial charge in [-0.3, -0.25) is 0 Å². The third-order valence-corrected chi connectivity index (χ3v) is 0. The summed E-state index contributed by atoms with van der Waals surface area (Å²) in [6.45, 7) is 6.81. The van der Waals surface area contributed by atoms with Crippen molar-refractivity contribution >= 4 is 8.80 Å². The summed E-state index contributed by atoms with van der Waals surface area (Å²) in [4.78, 5) is 0.